The Morgan fingerprint density at radius 2 is 1.74 bits per heavy atom. The van der Waals surface area contributed by atoms with Crippen LogP contribution in [0.15, 0.2) is 25.3 Å². The Labute approximate surface area is 118 Å². The molecule has 0 radical (unpaired) electrons. The van der Waals surface area contributed by atoms with Crippen LogP contribution >= 0.6 is 0 Å². The van der Waals surface area contributed by atoms with E-state index in [0.717, 1.165) is 25.8 Å². The quantitative estimate of drug-likeness (QED) is 0.534. The molecule has 2 heteroatoms. The highest BCUT2D eigenvalue weighted by atomic mass is 16.1. The van der Waals surface area contributed by atoms with E-state index in [1.165, 1.54) is 6.08 Å². The number of carbonyl (C=O) groups excluding carboxylic acids is 1. The first kappa shape index (κ1) is 16.2. The van der Waals surface area contributed by atoms with E-state index in [9.17, 15) is 4.79 Å². The van der Waals surface area contributed by atoms with Gasteiger partial charge in [-0.3, -0.25) is 9.69 Å². The molecule has 0 aliphatic carbocycles. The molecule has 0 amide bonds. The first-order chi connectivity index (χ1) is 8.73. The molecule has 1 rings (SSSR count). The number of nitrogens with zero attached hydrogens (tertiary/aromatic N) is 1. The van der Waals surface area contributed by atoms with E-state index in [1.54, 1.807) is 0 Å². The normalized spacial score (nSPS) is 22.9. The zero-order chi connectivity index (χ0) is 14.7. The second kappa shape index (κ2) is 6.04. The first-order valence-corrected chi connectivity index (χ1v) is 7.27. The monoisotopic (exact) mass is 263 g/mol. The Balaban J connectivity index is 2.75. The summed E-state index contributed by atoms with van der Waals surface area (Å²) in [4.78, 5) is 13.9. The van der Waals surface area contributed by atoms with Gasteiger partial charge < -0.3 is 0 Å². The van der Waals surface area contributed by atoms with Crippen molar-refractivity contribution in [1.82, 2.24) is 4.90 Å². The van der Waals surface area contributed by atoms with E-state index in [4.69, 9.17) is 0 Å². The third-order valence-corrected chi connectivity index (χ3v) is 4.38. The Morgan fingerprint density at radius 1 is 1.21 bits per heavy atom. The predicted octanol–water partition coefficient (Wildman–Crippen LogP) is 3.98. The molecule has 0 aromatic heterocycles. The summed E-state index contributed by atoms with van der Waals surface area (Å²) in [6, 6.07) is 0. The Hall–Kier alpha value is -0.890. The maximum Gasteiger partial charge on any atom is 0.155 e. The topological polar surface area (TPSA) is 20.3 Å². The fraction of sp³-hybridized carbons (Fsp3) is 0.706. The van der Waals surface area contributed by atoms with E-state index in [1.807, 2.05) is 6.08 Å². The van der Waals surface area contributed by atoms with Gasteiger partial charge in [-0.1, -0.05) is 12.7 Å². The fourth-order valence-electron chi connectivity index (χ4n) is 3.80. The average molecular weight is 263 g/mol. The van der Waals surface area contributed by atoms with Gasteiger partial charge in [0.25, 0.3) is 0 Å². The van der Waals surface area contributed by atoms with Crippen LogP contribution in [-0.2, 0) is 4.79 Å². The molecule has 1 aliphatic heterocycles. The summed E-state index contributed by atoms with van der Waals surface area (Å²) in [6.07, 6.45) is 7.36. The molecule has 0 saturated carbocycles. The lowest BCUT2D eigenvalue weighted by atomic mass is 9.72. The minimum atomic E-state index is 0.165. The lowest BCUT2D eigenvalue weighted by Crippen LogP contribution is -2.60. The Morgan fingerprint density at radius 3 is 2.16 bits per heavy atom. The van der Waals surface area contributed by atoms with Crippen LogP contribution in [0.5, 0.6) is 0 Å². The molecule has 19 heavy (non-hydrogen) atoms. The van der Waals surface area contributed by atoms with E-state index in [2.05, 4.69) is 45.8 Å². The van der Waals surface area contributed by atoms with Crippen molar-refractivity contribution < 1.29 is 4.79 Å². The zero-order valence-electron chi connectivity index (χ0n) is 13.0. The molecule has 0 atom stereocenters. The van der Waals surface area contributed by atoms with Crippen LogP contribution in [0.1, 0.15) is 53.4 Å². The number of hydrogen-bond acceptors (Lipinski definition) is 2. The lowest BCUT2D eigenvalue weighted by Gasteiger charge is -2.55. The molecular formula is C17H29NO. The van der Waals surface area contributed by atoms with Crippen molar-refractivity contribution in [3.63, 3.8) is 0 Å². The summed E-state index contributed by atoms with van der Waals surface area (Å²) in [6.45, 7) is 17.6. The Bertz CT molecular complexity index is 336. The number of carbonyl (C=O) groups is 1. The lowest BCUT2D eigenvalue weighted by molar-refractivity contribution is -0.115. The molecule has 1 saturated heterocycles. The number of rotatable bonds is 6. The van der Waals surface area contributed by atoms with Crippen LogP contribution < -0.4 is 0 Å². The van der Waals surface area contributed by atoms with Crippen molar-refractivity contribution in [3.8, 4) is 0 Å². The second-order valence-electron chi connectivity index (χ2n) is 7.01. The Kier molecular flexibility index (Phi) is 5.14. The highest BCUT2D eigenvalue weighted by Crippen LogP contribution is 2.42. The maximum atomic E-state index is 11.4. The van der Waals surface area contributed by atoms with Gasteiger partial charge in [0.1, 0.15) is 0 Å². The zero-order valence-corrected chi connectivity index (χ0v) is 13.0. The van der Waals surface area contributed by atoms with E-state index in [0.29, 0.717) is 12.3 Å². The number of likely N-dealkylation sites (tertiary alicyclic amines) is 1. The number of hydrogen-bond donors (Lipinski definition) is 0. The summed E-state index contributed by atoms with van der Waals surface area (Å²) in [5, 5.41) is 0. The van der Waals surface area contributed by atoms with Crippen LogP contribution in [0.2, 0.25) is 0 Å². The van der Waals surface area contributed by atoms with Crippen LogP contribution in [0.25, 0.3) is 0 Å². The molecule has 0 unspecified atom stereocenters. The highest BCUT2D eigenvalue weighted by molar-refractivity contribution is 5.88. The minimum absolute atomic E-state index is 0.165. The summed E-state index contributed by atoms with van der Waals surface area (Å²) >= 11 is 0. The highest BCUT2D eigenvalue weighted by Gasteiger charge is 2.44. The smallest absolute Gasteiger partial charge is 0.155 e. The van der Waals surface area contributed by atoms with Gasteiger partial charge in [0, 0.05) is 24.0 Å². The average Bonchev–Trinajstić information content (AvgIpc) is 2.29. The molecule has 108 valence electrons. The van der Waals surface area contributed by atoms with Crippen molar-refractivity contribution >= 4 is 5.78 Å². The first-order valence-electron chi connectivity index (χ1n) is 7.27. The molecule has 0 spiro atoms. The third kappa shape index (κ3) is 4.04. The summed E-state index contributed by atoms with van der Waals surface area (Å²) in [5.74, 6) is 0.791. The van der Waals surface area contributed by atoms with Crippen LogP contribution in [0.4, 0.5) is 0 Å². The molecule has 1 fully saturated rings. The van der Waals surface area contributed by atoms with Crippen molar-refractivity contribution in [2.75, 3.05) is 6.54 Å². The number of ketones is 1. The van der Waals surface area contributed by atoms with Gasteiger partial charge in [0.15, 0.2) is 5.78 Å². The summed E-state index contributed by atoms with van der Waals surface area (Å²) < 4.78 is 0. The minimum Gasteiger partial charge on any atom is -0.295 e. The van der Waals surface area contributed by atoms with Crippen LogP contribution in [0, 0.1) is 5.92 Å². The van der Waals surface area contributed by atoms with Crippen molar-refractivity contribution in [3.05, 3.63) is 25.3 Å². The van der Waals surface area contributed by atoms with Gasteiger partial charge in [-0.25, -0.2) is 0 Å². The molecule has 1 heterocycles. The van der Waals surface area contributed by atoms with Gasteiger partial charge in [-0.05, 0) is 59.0 Å². The van der Waals surface area contributed by atoms with Crippen molar-refractivity contribution in [2.24, 2.45) is 5.92 Å². The number of piperidine rings is 1. The van der Waals surface area contributed by atoms with Crippen molar-refractivity contribution in [1.29, 1.82) is 0 Å². The molecule has 1 aliphatic rings. The molecule has 0 aromatic rings. The number of allylic oxidation sites excluding steroid dienone is 1. The largest absolute Gasteiger partial charge is 0.295 e. The van der Waals surface area contributed by atoms with Gasteiger partial charge in [0.2, 0.25) is 0 Å². The SMILES string of the molecule is C=CCN1C(C)(C)CC(CCC(=O)C=C)CC1(C)C. The molecule has 0 aromatic carbocycles. The maximum absolute atomic E-state index is 11.4. The summed E-state index contributed by atoms with van der Waals surface area (Å²) in [7, 11) is 0. The van der Waals surface area contributed by atoms with Gasteiger partial charge in [-0.2, -0.15) is 0 Å². The molecular weight excluding hydrogens is 234 g/mol. The van der Waals surface area contributed by atoms with Crippen LogP contribution in [0.3, 0.4) is 0 Å². The molecule has 0 bridgehead atoms. The van der Waals surface area contributed by atoms with E-state index >= 15 is 0 Å². The molecule has 0 N–H and O–H groups in total. The van der Waals surface area contributed by atoms with Gasteiger partial charge >= 0.3 is 0 Å². The third-order valence-electron chi connectivity index (χ3n) is 4.38. The second-order valence-corrected chi connectivity index (χ2v) is 7.01. The summed E-state index contributed by atoms with van der Waals surface area (Å²) in [5.41, 5.74) is 0.329. The van der Waals surface area contributed by atoms with E-state index < -0.39 is 0 Å². The van der Waals surface area contributed by atoms with Crippen LogP contribution in [-0.4, -0.2) is 28.3 Å². The molecule has 2 nitrogen and oxygen atoms in total. The van der Waals surface area contributed by atoms with E-state index in [-0.39, 0.29) is 16.9 Å². The fourth-order valence-corrected chi connectivity index (χ4v) is 3.80. The predicted molar refractivity (Wildman–Crippen MR) is 82.2 cm³/mol. The van der Waals surface area contributed by atoms with Crippen molar-refractivity contribution in [2.45, 2.75) is 64.5 Å². The standard InChI is InChI=1S/C17H29NO/c1-7-11-18-16(3,4)12-14(13-17(18,5)6)9-10-15(19)8-2/h7-8,14H,1-2,9-13H2,3-6H3. The van der Waals surface area contributed by atoms with Gasteiger partial charge in [0.05, 0.1) is 0 Å². The van der Waals surface area contributed by atoms with Gasteiger partial charge in [-0.15, -0.1) is 6.58 Å².